The summed E-state index contributed by atoms with van der Waals surface area (Å²) in [5.41, 5.74) is 1.69. The van der Waals surface area contributed by atoms with Crippen LogP contribution < -0.4 is 0 Å². The van der Waals surface area contributed by atoms with Gasteiger partial charge in [0, 0.05) is 36.3 Å². The third-order valence-electron chi connectivity index (χ3n) is 5.38. The number of carbonyl (C=O) groups is 2. The Labute approximate surface area is 175 Å². The Morgan fingerprint density at radius 1 is 1.03 bits per heavy atom. The van der Waals surface area contributed by atoms with Crippen LogP contribution in [0.25, 0.3) is 11.0 Å². The molecule has 0 saturated carbocycles. The molecule has 1 unspecified atom stereocenters. The van der Waals surface area contributed by atoms with E-state index in [4.69, 9.17) is 4.74 Å². The highest BCUT2D eigenvalue weighted by Gasteiger charge is 2.30. The summed E-state index contributed by atoms with van der Waals surface area (Å²) < 4.78 is 7.55. The summed E-state index contributed by atoms with van der Waals surface area (Å²) in [4.78, 5) is 32.3. The minimum atomic E-state index is -0.967. The molecule has 30 heavy (non-hydrogen) atoms. The zero-order valence-corrected chi connectivity index (χ0v) is 17.3. The maximum atomic E-state index is 13.2. The van der Waals surface area contributed by atoms with Crippen LogP contribution in [-0.4, -0.2) is 44.6 Å². The van der Waals surface area contributed by atoms with Crippen molar-refractivity contribution >= 4 is 22.9 Å². The van der Waals surface area contributed by atoms with E-state index in [2.05, 4.69) is 10.1 Å². The molecule has 4 rings (SSSR count). The molecule has 1 aliphatic rings. The normalized spacial score (nSPS) is 15.4. The summed E-state index contributed by atoms with van der Waals surface area (Å²) in [6.07, 6.45) is 5.27. The molecular formula is C23H26N4O3. The Kier molecular flexibility index (Phi) is 5.79. The van der Waals surface area contributed by atoms with Crippen molar-refractivity contribution in [3.05, 3.63) is 59.9 Å². The van der Waals surface area contributed by atoms with Crippen LogP contribution in [0.15, 0.2) is 48.8 Å². The summed E-state index contributed by atoms with van der Waals surface area (Å²) in [6.45, 7) is 5.43. The zero-order chi connectivity index (χ0) is 21.1. The summed E-state index contributed by atoms with van der Waals surface area (Å²) in [5.74, 6) is -0.739. The number of pyridine rings is 1. The lowest BCUT2D eigenvalue weighted by atomic mass is 10.1. The lowest BCUT2D eigenvalue weighted by molar-refractivity contribution is -0.142. The second-order valence-corrected chi connectivity index (χ2v) is 7.90. The van der Waals surface area contributed by atoms with Crippen molar-refractivity contribution in [2.24, 2.45) is 0 Å². The number of fused-ring (bicyclic) bond motifs is 1. The number of likely N-dealkylation sites (tertiary alicyclic amines) is 1. The smallest absolute Gasteiger partial charge is 0.340 e. The number of ether oxygens (including phenoxy) is 1. The van der Waals surface area contributed by atoms with Gasteiger partial charge in [-0.25, -0.2) is 14.5 Å². The van der Waals surface area contributed by atoms with Crippen molar-refractivity contribution in [3.63, 3.8) is 0 Å². The van der Waals surface area contributed by atoms with Gasteiger partial charge >= 0.3 is 5.97 Å². The predicted molar refractivity (Wildman–Crippen MR) is 113 cm³/mol. The Bertz CT molecular complexity index is 1040. The molecule has 1 fully saturated rings. The monoisotopic (exact) mass is 406 g/mol. The van der Waals surface area contributed by atoms with Crippen molar-refractivity contribution in [1.82, 2.24) is 19.7 Å². The number of nitrogens with zero attached hydrogens (tertiary/aromatic N) is 4. The lowest BCUT2D eigenvalue weighted by Gasteiger charge is -2.30. The van der Waals surface area contributed by atoms with Gasteiger partial charge < -0.3 is 9.64 Å². The molecule has 3 heterocycles. The molecule has 0 radical (unpaired) electrons. The van der Waals surface area contributed by atoms with Gasteiger partial charge in [-0.2, -0.15) is 5.10 Å². The first-order valence-electron chi connectivity index (χ1n) is 10.4. The molecule has 2 aromatic heterocycles. The van der Waals surface area contributed by atoms with Crippen molar-refractivity contribution in [2.75, 3.05) is 13.1 Å². The number of piperidine rings is 1. The summed E-state index contributed by atoms with van der Waals surface area (Å²) >= 11 is 0. The highest BCUT2D eigenvalue weighted by atomic mass is 16.5. The van der Waals surface area contributed by atoms with Gasteiger partial charge in [-0.05, 0) is 39.2 Å². The first kappa shape index (κ1) is 20.1. The van der Waals surface area contributed by atoms with E-state index in [0.717, 1.165) is 24.6 Å². The van der Waals surface area contributed by atoms with E-state index < -0.39 is 12.1 Å². The zero-order valence-electron chi connectivity index (χ0n) is 17.3. The number of amides is 1. The molecule has 0 bridgehead atoms. The van der Waals surface area contributed by atoms with Crippen LogP contribution in [0.2, 0.25) is 0 Å². The molecule has 0 N–H and O–H groups in total. The van der Waals surface area contributed by atoms with E-state index in [1.165, 1.54) is 6.20 Å². The number of benzene rings is 1. The molecule has 0 aliphatic carbocycles. The minimum absolute atomic E-state index is 0.164. The van der Waals surface area contributed by atoms with Crippen LogP contribution in [0.3, 0.4) is 0 Å². The average Bonchev–Trinajstić information content (AvgIpc) is 3.21. The van der Waals surface area contributed by atoms with Crippen LogP contribution in [-0.2, 0) is 9.53 Å². The highest BCUT2D eigenvalue weighted by molar-refractivity contribution is 5.95. The first-order valence-corrected chi connectivity index (χ1v) is 10.4. The van der Waals surface area contributed by atoms with Gasteiger partial charge in [0.15, 0.2) is 5.65 Å². The molecule has 1 aliphatic heterocycles. The predicted octanol–water partition coefficient (Wildman–Crippen LogP) is 3.92. The molecule has 3 aromatic rings. The van der Waals surface area contributed by atoms with Gasteiger partial charge in [0.05, 0.1) is 11.8 Å². The number of hydrogen-bond donors (Lipinski definition) is 0. The molecule has 0 spiro atoms. The topological polar surface area (TPSA) is 77.3 Å². The summed E-state index contributed by atoms with van der Waals surface area (Å²) in [7, 11) is 0. The van der Waals surface area contributed by atoms with E-state index in [1.807, 2.05) is 44.2 Å². The number of hydrogen-bond acceptors (Lipinski definition) is 5. The molecule has 1 amide bonds. The minimum Gasteiger partial charge on any atom is -0.444 e. The molecule has 1 saturated heterocycles. The average molecular weight is 406 g/mol. The van der Waals surface area contributed by atoms with Crippen LogP contribution in [0.5, 0.6) is 0 Å². The number of esters is 1. The molecule has 1 atom stereocenters. The number of aromatic nitrogens is 3. The molecule has 1 aromatic carbocycles. The van der Waals surface area contributed by atoms with Crippen LogP contribution in [0.4, 0.5) is 0 Å². The largest absolute Gasteiger partial charge is 0.444 e. The SMILES string of the molecule is CC(C)n1ncc2cc(C(=O)OC(C(=O)N3CCCCC3)c3ccccc3)cnc21. The van der Waals surface area contributed by atoms with Gasteiger partial charge in [-0.3, -0.25) is 4.79 Å². The van der Waals surface area contributed by atoms with E-state index in [1.54, 1.807) is 21.8 Å². The number of carbonyl (C=O) groups excluding carboxylic acids is 2. The second kappa shape index (κ2) is 8.65. The maximum absolute atomic E-state index is 13.2. The first-order chi connectivity index (χ1) is 14.5. The van der Waals surface area contributed by atoms with Crippen LogP contribution in [0, 0.1) is 0 Å². The lowest BCUT2D eigenvalue weighted by Crippen LogP contribution is -2.40. The third kappa shape index (κ3) is 4.06. The Morgan fingerprint density at radius 2 is 1.77 bits per heavy atom. The third-order valence-corrected chi connectivity index (χ3v) is 5.38. The van der Waals surface area contributed by atoms with Gasteiger partial charge in [0.2, 0.25) is 6.10 Å². The Hall–Kier alpha value is -3.22. The second-order valence-electron chi connectivity index (χ2n) is 7.90. The quantitative estimate of drug-likeness (QED) is 0.600. The fraction of sp³-hybridized carbons (Fsp3) is 0.391. The van der Waals surface area contributed by atoms with Crippen molar-refractivity contribution < 1.29 is 14.3 Å². The summed E-state index contributed by atoms with van der Waals surface area (Å²) in [6, 6.07) is 11.1. The van der Waals surface area contributed by atoms with Gasteiger partial charge in [0.1, 0.15) is 0 Å². The fourth-order valence-corrected chi connectivity index (χ4v) is 3.77. The van der Waals surface area contributed by atoms with Crippen molar-refractivity contribution in [2.45, 2.75) is 45.3 Å². The highest BCUT2D eigenvalue weighted by Crippen LogP contribution is 2.25. The van der Waals surface area contributed by atoms with Crippen LogP contribution >= 0.6 is 0 Å². The van der Waals surface area contributed by atoms with E-state index in [9.17, 15) is 9.59 Å². The van der Waals surface area contributed by atoms with Gasteiger partial charge in [-0.15, -0.1) is 0 Å². The Balaban J connectivity index is 1.60. The van der Waals surface area contributed by atoms with E-state index >= 15 is 0 Å². The van der Waals surface area contributed by atoms with E-state index in [-0.39, 0.29) is 11.9 Å². The molecule has 156 valence electrons. The maximum Gasteiger partial charge on any atom is 0.340 e. The van der Waals surface area contributed by atoms with Crippen LogP contribution in [0.1, 0.15) is 61.2 Å². The molecule has 7 heteroatoms. The van der Waals surface area contributed by atoms with Crippen molar-refractivity contribution in [1.29, 1.82) is 0 Å². The van der Waals surface area contributed by atoms with Crippen molar-refractivity contribution in [3.8, 4) is 0 Å². The fourth-order valence-electron chi connectivity index (χ4n) is 3.77. The van der Waals surface area contributed by atoms with E-state index in [0.29, 0.717) is 29.9 Å². The number of rotatable bonds is 5. The molecule has 7 nitrogen and oxygen atoms in total. The van der Waals surface area contributed by atoms with Gasteiger partial charge in [-0.1, -0.05) is 30.3 Å². The Morgan fingerprint density at radius 3 is 2.47 bits per heavy atom. The van der Waals surface area contributed by atoms with Gasteiger partial charge in [0.25, 0.3) is 5.91 Å². The summed E-state index contributed by atoms with van der Waals surface area (Å²) in [5, 5.41) is 5.10. The molecular weight excluding hydrogens is 380 g/mol. The standard InChI is InChI=1S/C23H26N4O3/c1-16(2)27-21-18(15-25-27)13-19(14-24-21)23(29)30-20(17-9-5-3-6-10-17)22(28)26-11-7-4-8-12-26/h3,5-6,9-10,13-16,20H,4,7-8,11-12H2,1-2H3.